The second kappa shape index (κ2) is 3.14. The zero-order valence-electron chi connectivity index (χ0n) is 6.80. The van der Waals surface area contributed by atoms with Gasteiger partial charge in [-0.1, -0.05) is 23.2 Å². The van der Waals surface area contributed by atoms with Gasteiger partial charge in [-0.25, -0.2) is 0 Å². The molecule has 0 radical (unpaired) electrons. The Balaban J connectivity index is 2.57. The van der Waals surface area contributed by atoms with Crippen molar-refractivity contribution in [1.29, 1.82) is 0 Å². The molecular weight excluding hydrogens is 209 g/mol. The Labute approximate surface area is 86.3 Å². The van der Waals surface area contributed by atoms with Gasteiger partial charge < -0.3 is 10.8 Å². The molecule has 0 aliphatic heterocycles. The molecular formula is C9H9Cl2NO. The molecule has 1 aliphatic rings. The summed E-state index contributed by atoms with van der Waals surface area (Å²) in [5, 5.41) is 10.8. The van der Waals surface area contributed by atoms with Crippen LogP contribution in [0.1, 0.15) is 17.2 Å². The van der Waals surface area contributed by atoms with E-state index in [0.29, 0.717) is 16.5 Å². The van der Waals surface area contributed by atoms with E-state index in [1.807, 2.05) is 0 Å². The molecule has 0 fully saturated rings. The van der Waals surface area contributed by atoms with Crippen LogP contribution in [-0.2, 0) is 6.42 Å². The van der Waals surface area contributed by atoms with Crippen molar-refractivity contribution in [1.82, 2.24) is 0 Å². The third kappa shape index (κ3) is 1.44. The molecule has 1 aromatic carbocycles. The molecule has 3 N–H and O–H groups in total. The number of hydrogen-bond acceptors (Lipinski definition) is 2. The molecule has 2 atom stereocenters. The Bertz CT molecular complexity index is 354. The highest BCUT2D eigenvalue weighted by Crippen LogP contribution is 2.37. The predicted molar refractivity (Wildman–Crippen MR) is 53.1 cm³/mol. The first-order valence-electron chi connectivity index (χ1n) is 4.01. The molecule has 0 heterocycles. The average molecular weight is 218 g/mol. The first kappa shape index (κ1) is 9.28. The standard InChI is InChI=1S/C9H9Cl2NO/c10-4-1-6-5(7(11)2-4)3-8(12)9(6)13/h1-2,8-9,13H,3,12H2/t8-,9-/m1/s1. The number of nitrogens with two attached hydrogens (primary N) is 1. The van der Waals surface area contributed by atoms with Crippen LogP contribution in [0.5, 0.6) is 0 Å². The number of fused-ring (bicyclic) bond motifs is 1. The van der Waals surface area contributed by atoms with Gasteiger partial charge in [0.1, 0.15) is 0 Å². The van der Waals surface area contributed by atoms with Crippen molar-refractivity contribution >= 4 is 23.2 Å². The minimum Gasteiger partial charge on any atom is -0.387 e. The Morgan fingerprint density at radius 3 is 2.77 bits per heavy atom. The quantitative estimate of drug-likeness (QED) is 0.698. The number of aliphatic hydroxyl groups is 1. The molecule has 1 aliphatic carbocycles. The Morgan fingerprint density at radius 2 is 2.08 bits per heavy atom. The number of aliphatic hydroxyl groups excluding tert-OH is 1. The van der Waals surface area contributed by atoms with Gasteiger partial charge in [-0.15, -0.1) is 0 Å². The monoisotopic (exact) mass is 217 g/mol. The Morgan fingerprint density at radius 1 is 1.38 bits per heavy atom. The summed E-state index contributed by atoms with van der Waals surface area (Å²) in [7, 11) is 0. The second-order valence-electron chi connectivity index (χ2n) is 3.27. The van der Waals surface area contributed by atoms with E-state index in [0.717, 1.165) is 11.1 Å². The number of rotatable bonds is 0. The molecule has 70 valence electrons. The minimum atomic E-state index is -0.633. The normalized spacial score (nSPS) is 26.2. The van der Waals surface area contributed by atoms with E-state index < -0.39 is 6.10 Å². The van der Waals surface area contributed by atoms with Gasteiger partial charge in [0.15, 0.2) is 0 Å². The highest BCUT2D eigenvalue weighted by Gasteiger charge is 2.29. The highest BCUT2D eigenvalue weighted by molar-refractivity contribution is 6.35. The summed E-state index contributed by atoms with van der Waals surface area (Å²) < 4.78 is 0. The lowest BCUT2D eigenvalue weighted by atomic mass is 10.1. The lowest BCUT2D eigenvalue weighted by Gasteiger charge is -2.08. The van der Waals surface area contributed by atoms with E-state index in [4.69, 9.17) is 28.9 Å². The SMILES string of the molecule is N[C@@H]1Cc2c(Cl)cc(Cl)cc2[C@H]1O. The summed E-state index contributed by atoms with van der Waals surface area (Å²) in [5.41, 5.74) is 7.39. The topological polar surface area (TPSA) is 46.2 Å². The van der Waals surface area contributed by atoms with Gasteiger partial charge in [0.25, 0.3) is 0 Å². The fourth-order valence-corrected chi connectivity index (χ4v) is 2.27. The van der Waals surface area contributed by atoms with Crippen molar-refractivity contribution in [3.05, 3.63) is 33.3 Å². The summed E-state index contributed by atoms with van der Waals surface area (Å²) in [6.45, 7) is 0. The molecule has 4 heteroatoms. The van der Waals surface area contributed by atoms with E-state index in [1.54, 1.807) is 12.1 Å². The Hall–Kier alpha value is -0.280. The summed E-state index contributed by atoms with van der Waals surface area (Å²) in [4.78, 5) is 0. The van der Waals surface area contributed by atoms with Crippen LogP contribution in [0.25, 0.3) is 0 Å². The number of halogens is 2. The summed E-state index contributed by atoms with van der Waals surface area (Å²) in [6, 6.07) is 3.14. The lowest BCUT2D eigenvalue weighted by Crippen LogP contribution is -2.24. The van der Waals surface area contributed by atoms with Crippen LogP contribution in [0.15, 0.2) is 12.1 Å². The summed E-state index contributed by atoms with van der Waals surface area (Å²) in [5.74, 6) is 0. The van der Waals surface area contributed by atoms with E-state index >= 15 is 0 Å². The van der Waals surface area contributed by atoms with E-state index in [9.17, 15) is 5.11 Å². The lowest BCUT2D eigenvalue weighted by molar-refractivity contribution is 0.159. The zero-order chi connectivity index (χ0) is 9.59. The molecule has 2 rings (SSSR count). The molecule has 0 aromatic heterocycles. The molecule has 0 saturated heterocycles. The van der Waals surface area contributed by atoms with Crippen LogP contribution >= 0.6 is 23.2 Å². The van der Waals surface area contributed by atoms with Crippen molar-refractivity contribution in [2.45, 2.75) is 18.6 Å². The first-order valence-corrected chi connectivity index (χ1v) is 4.76. The summed E-state index contributed by atoms with van der Waals surface area (Å²) >= 11 is 11.8. The largest absolute Gasteiger partial charge is 0.387 e. The van der Waals surface area contributed by atoms with E-state index in [-0.39, 0.29) is 6.04 Å². The third-order valence-electron chi connectivity index (χ3n) is 2.36. The van der Waals surface area contributed by atoms with Crippen LogP contribution < -0.4 is 5.73 Å². The maximum atomic E-state index is 9.66. The van der Waals surface area contributed by atoms with Gasteiger partial charge in [-0.2, -0.15) is 0 Å². The van der Waals surface area contributed by atoms with Crippen LogP contribution in [0, 0.1) is 0 Å². The average Bonchev–Trinajstić information content (AvgIpc) is 2.32. The molecule has 2 nitrogen and oxygen atoms in total. The maximum Gasteiger partial charge on any atom is 0.0947 e. The predicted octanol–water partition coefficient (Wildman–Crippen LogP) is 1.91. The molecule has 0 spiro atoms. The zero-order valence-corrected chi connectivity index (χ0v) is 8.31. The molecule has 0 bridgehead atoms. The molecule has 0 unspecified atom stereocenters. The first-order chi connectivity index (χ1) is 6.09. The van der Waals surface area contributed by atoms with Gasteiger partial charge in [-0.05, 0) is 29.7 Å². The van der Waals surface area contributed by atoms with Crippen LogP contribution in [0.3, 0.4) is 0 Å². The fraction of sp³-hybridized carbons (Fsp3) is 0.333. The molecule has 0 saturated carbocycles. The van der Waals surface area contributed by atoms with Crippen LogP contribution in [-0.4, -0.2) is 11.1 Å². The fourth-order valence-electron chi connectivity index (χ4n) is 1.68. The molecule has 1 aromatic rings. The number of hydrogen-bond donors (Lipinski definition) is 2. The van der Waals surface area contributed by atoms with Gasteiger partial charge >= 0.3 is 0 Å². The maximum absolute atomic E-state index is 9.66. The van der Waals surface area contributed by atoms with E-state index in [1.165, 1.54) is 0 Å². The second-order valence-corrected chi connectivity index (χ2v) is 4.11. The van der Waals surface area contributed by atoms with Gasteiger partial charge in [0.2, 0.25) is 0 Å². The van der Waals surface area contributed by atoms with E-state index in [2.05, 4.69) is 0 Å². The van der Waals surface area contributed by atoms with Gasteiger partial charge in [-0.3, -0.25) is 0 Å². The highest BCUT2D eigenvalue weighted by atomic mass is 35.5. The van der Waals surface area contributed by atoms with Crippen molar-refractivity contribution in [3.8, 4) is 0 Å². The summed E-state index contributed by atoms with van der Waals surface area (Å²) in [6.07, 6.45) is -0.0156. The molecule has 13 heavy (non-hydrogen) atoms. The number of benzene rings is 1. The van der Waals surface area contributed by atoms with Crippen LogP contribution in [0.2, 0.25) is 10.0 Å². The van der Waals surface area contributed by atoms with Gasteiger partial charge in [0.05, 0.1) is 6.10 Å². The van der Waals surface area contributed by atoms with Crippen molar-refractivity contribution in [2.24, 2.45) is 5.73 Å². The van der Waals surface area contributed by atoms with Gasteiger partial charge in [0, 0.05) is 16.1 Å². The smallest absolute Gasteiger partial charge is 0.0947 e. The molecule has 0 amide bonds. The third-order valence-corrected chi connectivity index (χ3v) is 2.91. The Kier molecular flexibility index (Phi) is 2.24. The van der Waals surface area contributed by atoms with Crippen molar-refractivity contribution in [3.63, 3.8) is 0 Å². The van der Waals surface area contributed by atoms with Crippen molar-refractivity contribution in [2.75, 3.05) is 0 Å². The van der Waals surface area contributed by atoms with Crippen molar-refractivity contribution < 1.29 is 5.11 Å². The minimum absolute atomic E-state index is 0.258. The van der Waals surface area contributed by atoms with Crippen LogP contribution in [0.4, 0.5) is 0 Å².